The Bertz CT molecular complexity index is 1080. The molecule has 0 aliphatic carbocycles. The third kappa shape index (κ3) is 6.47. The van der Waals surface area contributed by atoms with Crippen LogP contribution in [0.1, 0.15) is 36.2 Å². The highest BCUT2D eigenvalue weighted by atomic mass is 32.2. The fourth-order valence-corrected chi connectivity index (χ4v) is 3.26. The van der Waals surface area contributed by atoms with E-state index in [0.717, 1.165) is 24.5 Å². The second-order valence-corrected chi connectivity index (χ2v) is 8.45. The molecule has 0 spiro atoms. The Morgan fingerprint density at radius 3 is 2.16 bits per heavy atom. The van der Waals surface area contributed by atoms with Crippen LogP contribution in [0.2, 0.25) is 0 Å². The predicted molar refractivity (Wildman–Crippen MR) is 111 cm³/mol. The number of nitro benzene ring substituents is 2. The number of hydrogen-bond donors (Lipinski definition) is 0. The van der Waals surface area contributed by atoms with Crippen LogP contribution in [0.15, 0.2) is 42.5 Å². The summed E-state index contributed by atoms with van der Waals surface area (Å²) in [6.45, 7) is 3.63. The molecule has 0 aliphatic rings. The number of benzene rings is 2. The second kappa shape index (κ2) is 9.51. The average molecular weight is 451 g/mol. The van der Waals surface area contributed by atoms with Crippen molar-refractivity contribution in [3.05, 3.63) is 73.8 Å². The zero-order chi connectivity index (χ0) is 23.3. The van der Waals surface area contributed by atoms with Crippen molar-refractivity contribution in [2.75, 3.05) is 6.26 Å². The van der Waals surface area contributed by atoms with Crippen molar-refractivity contribution in [3.63, 3.8) is 0 Å². The lowest BCUT2D eigenvalue weighted by Gasteiger charge is -2.29. The van der Waals surface area contributed by atoms with E-state index in [4.69, 9.17) is 4.18 Å². The first kappa shape index (κ1) is 23.7. The highest BCUT2D eigenvalue weighted by Crippen LogP contribution is 2.26. The minimum atomic E-state index is -3.74. The van der Waals surface area contributed by atoms with Crippen LogP contribution in [-0.2, 0) is 16.7 Å². The quantitative estimate of drug-likeness (QED) is 0.320. The molecule has 11 nitrogen and oxygen atoms in total. The lowest BCUT2D eigenvalue weighted by Crippen LogP contribution is -2.37. The Balaban J connectivity index is 2.44. The van der Waals surface area contributed by atoms with Crippen molar-refractivity contribution in [1.29, 1.82) is 0 Å². The summed E-state index contributed by atoms with van der Waals surface area (Å²) in [7, 11) is -3.74. The molecular weight excluding hydrogens is 430 g/mol. The van der Waals surface area contributed by atoms with E-state index >= 15 is 0 Å². The summed E-state index contributed by atoms with van der Waals surface area (Å²) >= 11 is 0. The molecule has 1 atom stereocenters. The largest absolute Gasteiger partial charge is 0.383 e. The third-order valence-electron chi connectivity index (χ3n) is 4.45. The van der Waals surface area contributed by atoms with Crippen LogP contribution in [0.5, 0.6) is 5.75 Å². The molecule has 0 heterocycles. The lowest BCUT2D eigenvalue weighted by molar-refractivity contribution is -0.394. The highest BCUT2D eigenvalue weighted by Gasteiger charge is 2.26. The number of nitro groups is 2. The van der Waals surface area contributed by atoms with Gasteiger partial charge >= 0.3 is 10.1 Å². The molecular formula is C19H21N3O8S. The molecule has 0 fully saturated rings. The van der Waals surface area contributed by atoms with Gasteiger partial charge in [-0.25, -0.2) is 0 Å². The number of nitrogens with zero attached hydrogens (tertiary/aromatic N) is 3. The average Bonchev–Trinajstić information content (AvgIpc) is 2.69. The Morgan fingerprint density at radius 1 is 1.10 bits per heavy atom. The summed E-state index contributed by atoms with van der Waals surface area (Å²) in [6.07, 6.45) is 1.45. The molecule has 1 unspecified atom stereocenters. The van der Waals surface area contributed by atoms with Gasteiger partial charge in [0.2, 0.25) is 0 Å². The van der Waals surface area contributed by atoms with Gasteiger partial charge < -0.3 is 9.08 Å². The topological polar surface area (TPSA) is 150 Å². The van der Waals surface area contributed by atoms with E-state index in [-0.39, 0.29) is 23.9 Å². The standard InChI is InChI=1S/C19H21N3O8S/c1-4-13(2)20(12-14-6-5-7-18(8-14)30-31(3,28)29)19(23)15-9-16(21(24)25)11-17(10-15)22(26)27/h5-11,13H,4,12H2,1-3H3. The summed E-state index contributed by atoms with van der Waals surface area (Å²) in [5.74, 6) is -0.557. The fourth-order valence-electron chi connectivity index (χ4n) is 2.81. The van der Waals surface area contributed by atoms with Gasteiger partial charge in [0.1, 0.15) is 5.75 Å². The maximum absolute atomic E-state index is 13.2. The monoisotopic (exact) mass is 451 g/mol. The normalized spacial score (nSPS) is 12.1. The number of hydrogen-bond acceptors (Lipinski definition) is 8. The van der Waals surface area contributed by atoms with E-state index in [1.165, 1.54) is 17.0 Å². The molecule has 2 rings (SSSR count). The first-order chi connectivity index (χ1) is 14.4. The van der Waals surface area contributed by atoms with Crippen molar-refractivity contribution in [1.82, 2.24) is 4.90 Å². The van der Waals surface area contributed by atoms with Gasteiger partial charge in [0, 0.05) is 24.7 Å². The fraction of sp³-hybridized carbons (Fsp3) is 0.316. The van der Waals surface area contributed by atoms with Crippen molar-refractivity contribution >= 4 is 27.4 Å². The molecule has 0 aliphatic heterocycles. The number of rotatable bonds is 9. The van der Waals surface area contributed by atoms with E-state index in [1.54, 1.807) is 19.1 Å². The number of non-ortho nitro benzene ring substituents is 2. The van der Waals surface area contributed by atoms with Crippen LogP contribution in [0.3, 0.4) is 0 Å². The first-order valence-corrected chi connectivity index (χ1v) is 11.0. The van der Waals surface area contributed by atoms with E-state index in [9.17, 15) is 33.4 Å². The van der Waals surface area contributed by atoms with Crippen molar-refractivity contribution in [2.24, 2.45) is 0 Å². The van der Waals surface area contributed by atoms with E-state index in [1.807, 2.05) is 6.92 Å². The van der Waals surface area contributed by atoms with Crippen LogP contribution in [-0.4, -0.2) is 41.4 Å². The smallest absolute Gasteiger partial charge is 0.306 e. The maximum Gasteiger partial charge on any atom is 0.306 e. The third-order valence-corrected chi connectivity index (χ3v) is 4.95. The molecule has 0 radical (unpaired) electrons. The molecule has 0 aromatic heterocycles. The van der Waals surface area contributed by atoms with E-state index < -0.39 is 37.2 Å². The van der Waals surface area contributed by atoms with Gasteiger partial charge in [0.15, 0.2) is 0 Å². The van der Waals surface area contributed by atoms with Crippen molar-refractivity contribution in [2.45, 2.75) is 32.9 Å². The minimum absolute atomic E-state index is 0.0330. The van der Waals surface area contributed by atoms with Crippen LogP contribution in [0.25, 0.3) is 0 Å². The summed E-state index contributed by atoms with van der Waals surface area (Å²) in [6, 6.07) is 8.59. The highest BCUT2D eigenvalue weighted by molar-refractivity contribution is 7.86. The van der Waals surface area contributed by atoms with Gasteiger partial charge in [0.25, 0.3) is 17.3 Å². The van der Waals surface area contributed by atoms with Crippen LogP contribution in [0, 0.1) is 20.2 Å². The molecule has 31 heavy (non-hydrogen) atoms. The molecule has 12 heteroatoms. The first-order valence-electron chi connectivity index (χ1n) is 9.14. The number of carbonyl (C=O) groups is 1. The Labute approximate surface area is 178 Å². The van der Waals surface area contributed by atoms with Crippen molar-refractivity contribution in [3.8, 4) is 5.75 Å². The molecule has 166 valence electrons. The van der Waals surface area contributed by atoms with Gasteiger partial charge in [-0.2, -0.15) is 8.42 Å². The van der Waals surface area contributed by atoms with Gasteiger partial charge in [0.05, 0.1) is 27.7 Å². The van der Waals surface area contributed by atoms with Gasteiger partial charge in [-0.05, 0) is 31.0 Å². The van der Waals surface area contributed by atoms with Crippen molar-refractivity contribution < 1.29 is 27.2 Å². The van der Waals surface area contributed by atoms with E-state index in [2.05, 4.69) is 0 Å². The Hall–Kier alpha value is -3.54. The summed E-state index contributed by atoms with van der Waals surface area (Å²) in [5.41, 5.74) is -0.769. The van der Waals surface area contributed by atoms with Crippen LogP contribution >= 0.6 is 0 Å². The summed E-state index contributed by atoms with van der Waals surface area (Å²) in [5, 5.41) is 22.3. The Kier molecular flexibility index (Phi) is 7.28. The number of amides is 1. The number of carbonyl (C=O) groups excluding carboxylic acids is 1. The predicted octanol–water partition coefficient (Wildman–Crippen LogP) is 3.28. The van der Waals surface area contributed by atoms with Gasteiger partial charge in [-0.15, -0.1) is 0 Å². The van der Waals surface area contributed by atoms with Gasteiger partial charge in [-0.1, -0.05) is 19.1 Å². The minimum Gasteiger partial charge on any atom is -0.383 e. The van der Waals surface area contributed by atoms with E-state index in [0.29, 0.717) is 12.0 Å². The molecule has 0 N–H and O–H groups in total. The molecule has 2 aromatic rings. The van der Waals surface area contributed by atoms with Gasteiger partial charge in [-0.3, -0.25) is 25.0 Å². The summed E-state index contributed by atoms with van der Waals surface area (Å²) < 4.78 is 27.6. The summed E-state index contributed by atoms with van der Waals surface area (Å²) in [4.78, 5) is 35.3. The SMILES string of the molecule is CCC(C)N(Cc1cccc(OS(C)(=O)=O)c1)C(=O)c1cc([N+](=O)[O-])cc([N+](=O)[O-])c1. The van der Waals surface area contributed by atoms with Crippen LogP contribution in [0.4, 0.5) is 11.4 Å². The molecule has 0 saturated heterocycles. The molecule has 1 amide bonds. The van der Waals surface area contributed by atoms with Crippen LogP contribution < -0.4 is 4.18 Å². The second-order valence-electron chi connectivity index (χ2n) is 6.88. The zero-order valence-corrected chi connectivity index (χ0v) is 17.9. The zero-order valence-electron chi connectivity index (χ0n) is 17.0. The molecule has 2 aromatic carbocycles. The molecule has 0 saturated carbocycles. The maximum atomic E-state index is 13.2. The molecule has 0 bridgehead atoms. The lowest BCUT2D eigenvalue weighted by atomic mass is 10.1. The Morgan fingerprint density at radius 2 is 1.68 bits per heavy atom.